The molecule has 6 nitrogen and oxygen atoms in total. The Balaban J connectivity index is 1.79. The van der Waals surface area contributed by atoms with Gasteiger partial charge in [0.1, 0.15) is 5.60 Å². The molecule has 0 aliphatic heterocycles. The van der Waals surface area contributed by atoms with Gasteiger partial charge in [-0.2, -0.15) is 0 Å². The van der Waals surface area contributed by atoms with Crippen LogP contribution in [0.2, 0.25) is 0 Å². The second-order valence-electron chi connectivity index (χ2n) is 10.8. The summed E-state index contributed by atoms with van der Waals surface area (Å²) in [7, 11) is 0. The molecule has 6 heteroatoms. The summed E-state index contributed by atoms with van der Waals surface area (Å²) in [5.41, 5.74) is -1.75. The number of ether oxygens (including phenoxy) is 1. The molecule has 0 bridgehead atoms. The van der Waals surface area contributed by atoms with Gasteiger partial charge in [-0.3, -0.25) is 19.6 Å². The third-order valence-corrected chi connectivity index (χ3v) is 9.47. The van der Waals surface area contributed by atoms with E-state index in [0.29, 0.717) is 25.2 Å². The summed E-state index contributed by atoms with van der Waals surface area (Å²) in [5.74, 6) is 0.352. The summed E-state index contributed by atoms with van der Waals surface area (Å²) < 4.78 is 5.81. The fraction of sp³-hybridized carbons (Fsp3) is 0.792. The number of hydrogen-bond donors (Lipinski definition) is 1. The fourth-order valence-corrected chi connectivity index (χ4v) is 8.13. The average molecular weight is 419 g/mol. The van der Waals surface area contributed by atoms with E-state index >= 15 is 0 Å². The van der Waals surface area contributed by atoms with Gasteiger partial charge in [0.15, 0.2) is 17.2 Å². The van der Waals surface area contributed by atoms with Crippen LogP contribution in [-0.4, -0.2) is 34.0 Å². The van der Waals surface area contributed by atoms with Gasteiger partial charge in [0.25, 0.3) is 0 Å². The second-order valence-corrected chi connectivity index (χ2v) is 10.8. The van der Waals surface area contributed by atoms with Crippen molar-refractivity contribution in [3.8, 4) is 0 Å². The van der Waals surface area contributed by atoms with Gasteiger partial charge >= 0.3 is 5.97 Å². The molecule has 166 valence electrons. The van der Waals surface area contributed by atoms with Crippen molar-refractivity contribution in [3.05, 3.63) is 11.6 Å². The third kappa shape index (κ3) is 2.65. The van der Waals surface area contributed by atoms with Gasteiger partial charge in [-0.1, -0.05) is 13.8 Å². The molecule has 0 amide bonds. The third-order valence-electron chi connectivity index (χ3n) is 9.47. The quantitative estimate of drug-likeness (QED) is 0.418. The van der Waals surface area contributed by atoms with Crippen LogP contribution in [0.3, 0.4) is 0 Å². The maximum atomic E-state index is 12.8. The van der Waals surface area contributed by atoms with E-state index in [4.69, 9.17) is 9.62 Å². The molecule has 1 N–H and O–H groups in total. The first kappa shape index (κ1) is 21.7. The number of carbonyl (C=O) groups excluding carboxylic acids is 3. The molecule has 30 heavy (non-hydrogen) atoms. The highest BCUT2D eigenvalue weighted by molar-refractivity contribution is 5.92. The molecule has 0 spiro atoms. The molecular weight excluding hydrogens is 384 g/mol. The fourth-order valence-electron chi connectivity index (χ4n) is 8.13. The number of carbonyl (C=O) groups is 3. The molecule has 0 aromatic rings. The summed E-state index contributed by atoms with van der Waals surface area (Å²) in [6.07, 6.45) is 6.62. The maximum absolute atomic E-state index is 12.8. The highest BCUT2D eigenvalue weighted by Gasteiger charge is 2.69. The zero-order chi connectivity index (χ0) is 22.1. The van der Waals surface area contributed by atoms with Crippen LogP contribution in [0.15, 0.2) is 11.6 Å². The van der Waals surface area contributed by atoms with Crippen LogP contribution >= 0.6 is 0 Å². The Bertz CT molecular complexity index is 832. The molecule has 3 saturated carbocycles. The Hall–Kier alpha value is -1.53. The van der Waals surface area contributed by atoms with Crippen molar-refractivity contribution >= 4 is 17.5 Å². The molecule has 0 saturated heterocycles. The lowest BCUT2D eigenvalue weighted by molar-refractivity contribution is -0.325. The minimum absolute atomic E-state index is 0.0758. The number of rotatable bonds is 3. The predicted octanol–water partition coefficient (Wildman–Crippen LogP) is 4.27. The number of hydrogen-bond acceptors (Lipinski definition) is 6. The molecule has 0 aromatic carbocycles. The zero-order valence-electron chi connectivity index (χ0n) is 18.7. The standard InChI is InChI=1S/C24H34O6/c1-14(25)24(29-15(2)26)11-8-19-17-13-23(5,30-28)20-12-16(27)6-9-21(20,3)18(17)7-10-22(19,24)4/h12,17-19,28H,6-11,13H2,1-5H3/t17-,18+,19+,21-,22+,23-,24+/m1/s1. The molecule has 3 fully saturated rings. The van der Waals surface area contributed by atoms with E-state index in [-0.39, 0.29) is 28.8 Å². The molecule has 0 heterocycles. The lowest BCUT2D eigenvalue weighted by Gasteiger charge is -2.62. The normalized spacial score (nSPS) is 47.6. The number of Topliss-reactive ketones (excluding diaryl/α,β-unsaturated/α-hetero) is 1. The minimum Gasteiger partial charge on any atom is -0.451 e. The van der Waals surface area contributed by atoms with Crippen molar-refractivity contribution in [2.24, 2.45) is 28.6 Å². The number of ketones is 2. The summed E-state index contributed by atoms with van der Waals surface area (Å²) >= 11 is 0. The molecule has 0 radical (unpaired) electrons. The van der Waals surface area contributed by atoms with Crippen molar-refractivity contribution < 1.29 is 29.3 Å². The summed E-state index contributed by atoms with van der Waals surface area (Å²) in [6, 6.07) is 0. The van der Waals surface area contributed by atoms with Crippen molar-refractivity contribution in [3.63, 3.8) is 0 Å². The Morgan fingerprint density at radius 2 is 1.73 bits per heavy atom. The topological polar surface area (TPSA) is 89.9 Å². The SMILES string of the molecule is CC(=O)O[C@]1(C(C)=O)CC[C@H]2[C@@H]3C[C@@](C)(OO)C4=CC(=O)CC[C@]4(C)[C@H]3CC[C@@]21C. The lowest BCUT2D eigenvalue weighted by Crippen LogP contribution is -2.61. The monoisotopic (exact) mass is 418 g/mol. The Morgan fingerprint density at radius 1 is 1.07 bits per heavy atom. The van der Waals surface area contributed by atoms with E-state index < -0.39 is 22.6 Å². The van der Waals surface area contributed by atoms with Gasteiger partial charge in [-0.05, 0) is 87.2 Å². The van der Waals surface area contributed by atoms with Crippen LogP contribution < -0.4 is 0 Å². The van der Waals surface area contributed by atoms with Gasteiger partial charge < -0.3 is 4.74 Å². The zero-order valence-corrected chi connectivity index (χ0v) is 18.7. The first-order valence-corrected chi connectivity index (χ1v) is 11.2. The van der Waals surface area contributed by atoms with Crippen LogP contribution in [0, 0.1) is 28.6 Å². The molecule has 0 unspecified atom stereocenters. The Labute approximate surface area is 178 Å². The molecule has 4 aliphatic rings. The molecule has 0 aromatic heterocycles. The highest BCUT2D eigenvalue weighted by atomic mass is 17.1. The van der Waals surface area contributed by atoms with Gasteiger partial charge in [0, 0.05) is 18.8 Å². The first-order valence-electron chi connectivity index (χ1n) is 11.2. The first-order chi connectivity index (χ1) is 13.9. The summed E-state index contributed by atoms with van der Waals surface area (Å²) in [5, 5.41) is 9.92. The van der Waals surface area contributed by atoms with Gasteiger partial charge in [-0.25, -0.2) is 4.89 Å². The van der Waals surface area contributed by atoms with E-state index in [1.807, 2.05) is 6.92 Å². The summed E-state index contributed by atoms with van der Waals surface area (Å²) in [4.78, 5) is 42.1. The molecule has 4 aliphatic carbocycles. The Kier molecular flexibility index (Phi) is 4.87. The largest absolute Gasteiger partial charge is 0.451 e. The smallest absolute Gasteiger partial charge is 0.303 e. The second kappa shape index (κ2) is 6.73. The van der Waals surface area contributed by atoms with Gasteiger partial charge in [0.2, 0.25) is 0 Å². The van der Waals surface area contributed by atoms with E-state index in [1.54, 1.807) is 13.0 Å². The Morgan fingerprint density at radius 3 is 2.33 bits per heavy atom. The van der Waals surface area contributed by atoms with Crippen LogP contribution in [-0.2, 0) is 24.0 Å². The average Bonchev–Trinajstić information content (AvgIpc) is 2.96. The maximum Gasteiger partial charge on any atom is 0.303 e. The highest BCUT2D eigenvalue weighted by Crippen LogP contribution is 2.69. The van der Waals surface area contributed by atoms with Crippen LogP contribution in [0.25, 0.3) is 0 Å². The lowest BCUT2D eigenvalue weighted by atomic mass is 9.44. The molecule has 7 atom stereocenters. The molecular formula is C24H34O6. The minimum atomic E-state index is -1.08. The van der Waals surface area contributed by atoms with Crippen molar-refractivity contribution in [2.75, 3.05) is 0 Å². The van der Waals surface area contributed by atoms with Crippen molar-refractivity contribution in [2.45, 2.75) is 90.8 Å². The van der Waals surface area contributed by atoms with E-state index in [2.05, 4.69) is 13.8 Å². The van der Waals surface area contributed by atoms with E-state index in [1.165, 1.54) is 6.92 Å². The van der Waals surface area contributed by atoms with Gasteiger partial charge in [-0.15, -0.1) is 0 Å². The predicted molar refractivity (Wildman–Crippen MR) is 109 cm³/mol. The number of fused-ring (bicyclic) bond motifs is 5. The van der Waals surface area contributed by atoms with Gasteiger partial charge in [0.05, 0.1) is 0 Å². The van der Waals surface area contributed by atoms with Crippen LogP contribution in [0.5, 0.6) is 0 Å². The summed E-state index contributed by atoms with van der Waals surface area (Å²) in [6.45, 7) is 9.11. The van der Waals surface area contributed by atoms with Crippen LogP contribution in [0.4, 0.5) is 0 Å². The van der Waals surface area contributed by atoms with E-state index in [9.17, 15) is 19.6 Å². The van der Waals surface area contributed by atoms with Crippen LogP contribution in [0.1, 0.15) is 79.6 Å². The number of esters is 1. The van der Waals surface area contributed by atoms with Crippen molar-refractivity contribution in [1.82, 2.24) is 0 Å². The van der Waals surface area contributed by atoms with E-state index in [0.717, 1.165) is 31.3 Å². The molecule has 4 rings (SSSR count). The van der Waals surface area contributed by atoms with Crippen molar-refractivity contribution in [1.29, 1.82) is 0 Å².